The fourth-order valence-electron chi connectivity index (χ4n) is 2.09. The summed E-state index contributed by atoms with van der Waals surface area (Å²) in [7, 11) is 0. The Morgan fingerprint density at radius 1 is 1.44 bits per heavy atom. The van der Waals surface area contributed by atoms with E-state index in [-0.39, 0.29) is 26.8 Å². The van der Waals surface area contributed by atoms with Crippen LogP contribution in [0, 0.1) is 11.3 Å². The summed E-state index contributed by atoms with van der Waals surface area (Å²) in [6, 6.07) is 0. The van der Waals surface area contributed by atoms with E-state index in [9.17, 15) is 9.59 Å². The Hall–Kier alpha value is 0.1000. The van der Waals surface area contributed by atoms with E-state index < -0.39 is 5.97 Å². The maximum absolute atomic E-state index is 11.0. The van der Waals surface area contributed by atoms with Crippen LogP contribution in [0.4, 0.5) is 0 Å². The first-order chi connectivity index (χ1) is 7.19. The standard InChI is InChI=1S/C11H16Br2O3/c1-7(14)3-4-8(5-9(15)16)10(2)6-11(10,12)13/h8H,3-6H2,1-2H3,(H,15,16). The molecule has 1 aliphatic rings. The van der Waals surface area contributed by atoms with Crippen LogP contribution in [-0.4, -0.2) is 20.1 Å². The zero-order valence-corrected chi connectivity index (χ0v) is 12.6. The van der Waals surface area contributed by atoms with Gasteiger partial charge in [0.25, 0.3) is 0 Å². The molecule has 1 rings (SSSR count). The average molecular weight is 356 g/mol. The third-order valence-corrected chi connectivity index (χ3v) is 5.84. The summed E-state index contributed by atoms with van der Waals surface area (Å²) in [4.78, 5) is 21.8. The van der Waals surface area contributed by atoms with Gasteiger partial charge < -0.3 is 9.90 Å². The number of rotatable bonds is 6. The Bertz CT molecular complexity index is 314. The van der Waals surface area contributed by atoms with Crippen LogP contribution in [-0.2, 0) is 9.59 Å². The van der Waals surface area contributed by atoms with Crippen molar-refractivity contribution in [2.24, 2.45) is 11.3 Å². The normalized spacial score (nSPS) is 28.5. The van der Waals surface area contributed by atoms with E-state index in [4.69, 9.17) is 5.11 Å². The van der Waals surface area contributed by atoms with E-state index in [0.717, 1.165) is 6.42 Å². The van der Waals surface area contributed by atoms with Gasteiger partial charge in [-0.25, -0.2) is 0 Å². The highest BCUT2D eigenvalue weighted by atomic mass is 79.9. The zero-order chi connectivity index (χ0) is 12.6. The molecule has 0 amide bonds. The molecule has 0 radical (unpaired) electrons. The molecule has 3 nitrogen and oxygen atoms in total. The van der Waals surface area contributed by atoms with E-state index in [1.807, 2.05) is 0 Å². The van der Waals surface area contributed by atoms with Crippen molar-refractivity contribution < 1.29 is 14.7 Å². The lowest BCUT2D eigenvalue weighted by Crippen LogP contribution is -2.22. The Kier molecular flexibility index (Phi) is 4.22. The molecule has 0 heterocycles. The molecule has 0 bridgehead atoms. The number of carbonyl (C=O) groups excluding carboxylic acids is 1. The minimum atomic E-state index is -0.794. The first-order valence-electron chi connectivity index (χ1n) is 5.28. The summed E-state index contributed by atoms with van der Waals surface area (Å²) in [6.45, 7) is 3.60. The molecule has 16 heavy (non-hydrogen) atoms. The van der Waals surface area contributed by atoms with Crippen molar-refractivity contribution in [1.82, 2.24) is 0 Å². The monoisotopic (exact) mass is 354 g/mol. The van der Waals surface area contributed by atoms with Crippen LogP contribution in [0.15, 0.2) is 0 Å². The van der Waals surface area contributed by atoms with Crippen LogP contribution in [0.5, 0.6) is 0 Å². The third-order valence-electron chi connectivity index (χ3n) is 3.47. The van der Waals surface area contributed by atoms with Gasteiger partial charge in [-0.15, -0.1) is 0 Å². The Balaban J connectivity index is 2.65. The summed E-state index contributed by atoms with van der Waals surface area (Å²) in [5, 5.41) is 8.89. The van der Waals surface area contributed by atoms with Crippen molar-refractivity contribution in [3.8, 4) is 0 Å². The smallest absolute Gasteiger partial charge is 0.303 e. The highest BCUT2D eigenvalue weighted by molar-refractivity contribution is 9.25. The molecule has 0 aliphatic heterocycles. The van der Waals surface area contributed by atoms with Crippen molar-refractivity contribution >= 4 is 43.6 Å². The quantitative estimate of drug-likeness (QED) is 0.743. The van der Waals surface area contributed by atoms with E-state index >= 15 is 0 Å². The summed E-state index contributed by atoms with van der Waals surface area (Å²) in [5.74, 6) is -0.639. The van der Waals surface area contributed by atoms with Gasteiger partial charge in [0.05, 0.1) is 3.23 Å². The van der Waals surface area contributed by atoms with Crippen molar-refractivity contribution in [3.63, 3.8) is 0 Å². The molecule has 1 aliphatic carbocycles. The number of halogens is 2. The van der Waals surface area contributed by atoms with Crippen LogP contribution >= 0.6 is 31.9 Å². The number of ketones is 1. The summed E-state index contributed by atoms with van der Waals surface area (Å²) in [5.41, 5.74) is -0.0686. The summed E-state index contributed by atoms with van der Waals surface area (Å²) in [6.07, 6.45) is 2.14. The fraction of sp³-hybridized carbons (Fsp3) is 0.818. The molecule has 1 N–H and O–H groups in total. The second-order valence-corrected chi connectivity index (χ2v) is 8.61. The molecule has 0 spiro atoms. The lowest BCUT2D eigenvalue weighted by molar-refractivity contribution is -0.139. The number of hydrogen-bond donors (Lipinski definition) is 1. The molecule has 0 aromatic carbocycles. The largest absolute Gasteiger partial charge is 0.481 e. The molecule has 0 aromatic rings. The van der Waals surface area contributed by atoms with Crippen LogP contribution in [0.2, 0.25) is 0 Å². The minimum Gasteiger partial charge on any atom is -0.481 e. The van der Waals surface area contributed by atoms with Crippen LogP contribution in [0.3, 0.4) is 0 Å². The molecule has 92 valence electrons. The van der Waals surface area contributed by atoms with Gasteiger partial charge in [-0.3, -0.25) is 4.79 Å². The fourth-order valence-corrected chi connectivity index (χ4v) is 3.91. The van der Waals surface area contributed by atoms with E-state index in [1.54, 1.807) is 6.92 Å². The van der Waals surface area contributed by atoms with Crippen LogP contribution in [0.25, 0.3) is 0 Å². The van der Waals surface area contributed by atoms with Gasteiger partial charge in [-0.1, -0.05) is 38.8 Å². The molecule has 1 saturated carbocycles. The second kappa shape index (κ2) is 4.77. The number of carboxylic acids is 1. The van der Waals surface area contributed by atoms with Crippen molar-refractivity contribution in [2.45, 2.75) is 42.8 Å². The van der Waals surface area contributed by atoms with Gasteiger partial charge >= 0.3 is 5.97 Å². The molecule has 0 saturated heterocycles. The number of hydrogen-bond acceptors (Lipinski definition) is 2. The summed E-state index contributed by atoms with van der Waals surface area (Å²) >= 11 is 7.09. The molecule has 2 unspecified atom stereocenters. The zero-order valence-electron chi connectivity index (χ0n) is 9.43. The van der Waals surface area contributed by atoms with Crippen LogP contribution in [0.1, 0.15) is 39.5 Å². The first kappa shape index (κ1) is 14.2. The van der Waals surface area contributed by atoms with Gasteiger partial charge in [0.2, 0.25) is 0 Å². The SMILES string of the molecule is CC(=O)CCC(CC(=O)O)C1(C)CC1(Br)Br. The second-order valence-electron chi connectivity index (χ2n) is 4.83. The first-order valence-corrected chi connectivity index (χ1v) is 6.87. The lowest BCUT2D eigenvalue weighted by Gasteiger charge is -2.23. The van der Waals surface area contributed by atoms with E-state index in [2.05, 4.69) is 38.8 Å². The molecular weight excluding hydrogens is 340 g/mol. The van der Waals surface area contributed by atoms with Gasteiger partial charge in [0, 0.05) is 12.8 Å². The highest BCUT2D eigenvalue weighted by Crippen LogP contribution is 2.71. The molecule has 5 heteroatoms. The van der Waals surface area contributed by atoms with Crippen molar-refractivity contribution in [3.05, 3.63) is 0 Å². The molecule has 2 atom stereocenters. The van der Waals surface area contributed by atoms with Crippen molar-refractivity contribution in [2.75, 3.05) is 0 Å². The van der Waals surface area contributed by atoms with Crippen LogP contribution < -0.4 is 0 Å². The topological polar surface area (TPSA) is 54.4 Å². The Labute approximate surface area is 112 Å². The maximum atomic E-state index is 11.0. The predicted octanol–water partition coefficient (Wildman–Crippen LogP) is 3.34. The van der Waals surface area contributed by atoms with E-state index in [1.165, 1.54) is 0 Å². The van der Waals surface area contributed by atoms with Crippen molar-refractivity contribution in [1.29, 1.82) is 0 Å². The lowest BCUT2D eigenvalue weighted by atomic mass is 9.84. The highest BCUT2D eigenvalue weighted by Gasteiger charge is 2.65. The molecular formula is C11H16Br2O3. The average Bonchev–Trinajstić information content (AvgIpc) is 2.60. The predicted molar refractivity (Wildman–Crippen MR) is 69.0 cm³/mol. The number of alkyl halides is 2. The van der Waals surface area contributed by atoms with E-state index in [0.29, 0.717) is 12.8 Å². The van der Waals surface area contributed by atoms with Gasteiger partial charge in [-0.2, -0.15) is 0 Å². The van der Waals surface area contributed by atoms with Gasteiger partial charge in [-0.05, 0) is 31.1 Å². The number of aliphatic carboxylic acids is 1. The Morgan fingerprint density at radius 2 is 1.94 bits per heavy atom. The third kappa shape index (κ3) is 3.06. The minimum absolute atomic E-state index is 0.0349. The Morgan fingerprint density at radius 3 is 2.25 bits per heavy atom. The molecule has 0 aromatic heterocycles. The summed E-state index contributed by atoms with van der Waals surface area (Å²) < 4.78 is -0.149. The number of carboxylic acid groups (broad SMARTS) is 1. The number of Topliss-reactive ketones (excluding diaryl/α,β-unsaturated/α-hetero) is 1. The maximum Gasteiger partial charge on any atom is 0.303 e. The number of carbonyl (C=O) groups is 2. The molecule has 1 fully saturated rings. The van der Waals surface area contributed by atoms with Gasteiger partial charge in [0.1, 0.15) is 5.78 Å². The van der Waals surface area contributed by atoms with Gasteiger partial charge in [0.15, 0.2) is 0 Å².